The zero-order chi connectivity index (χ0) is 11.1. The number of aliphatic imine (C=N–C) groups is 1. The van der Waals surface area contributed by atoms with Crippen molar-refractivity contribution in [1.82, 2.24) is 0 Å². The number of isocyanates is 1. The Morgan fingerprint density at radius 2 is 2.20 bits per heavy atom. The molecule has 0 amide bonds. The van der Waals surface area contributed by atoms with E-state index in [0.717, 1.165) is 6.42 Å². The van der Waals surface area contributed by atoms with Crippen molar-refractivity contribution < 1.29 is 14.3 Å². The van der Waals surface area contributed by atoms with Gasteiger partial charge in [0.05, 0.1) is 19.4 Å². The van der Waals surface area contributed by atoms with E-state index in [1.807, 2.05) is 6.92 Å². The first-order chi connectivity index (χ1) is 7.31. The third kappa shape index (κ3) is 3.11. The first kappa shape index (κ1) is 11.3. The van der Waals surface area contributed by atoms with E-state index in [1.165, 1.54) is 6.08 Å². The number of benzene rings is 1. The molecule has 0 spiro atoms. The topological polar surface area (TPSA) is 47.9 Å². The highest BCUT2D eigenvalue weighted by atomic mass is 16.5. The van der Waals surface area contributed by atoms with E-state index in [0.29, 0.717) is 23.8 Å². The SMILES string of the molecule is CCCOc1cc(N=C=O)ccc1OC. The maximum absolute atomic E-state index is 10.1. The molecule has 0 saturated heterocycles. The van der Waals surface area contributed by atoms with Gasteiger partial charge in [0.15, 0.2) is 11.5 Å². The molecule has 0 fully saturated rings. The van der Waals surface area contributed by atoms with Gasteiger partial charge in [-0.25, -0.2) is 4.79 Å². The van der Waals surface area contributed by atoms with Crippen LogP contribution < -0.4 is 9.47 Å². The van der Waals surface area contributed by atoms with Crippen molar-refractivity contribution in [2.45, 2.75) is 13.3 Å². The summed E-state index contributed by atoms with van der Waals surface area (Å²) in [6.45, 7) is 2.62. The summed E-state index contributed by atoms with van der Waals surface area (Å²) < 4.78 is 10.6. The number of methoxy groups -OCH3 is 1. The molecular formula is C11H13NO3. The predicted molar refractivity (Wildman–Crippen MR) is 56.6 cm³/mol. The van der Waals surface area contributed by atoms with Crippen LogP contribution in [-0.2, 0) is 4.79 Å². The molecule has 0 saturated carbocycles. The molecule has 0 bridgehead atoms. The maximum atomic E-state index is 10.1. The first-order valence-electron chi connectivity index (χ1n) is 4.70. The molecule has 0 radical (unpaired) electrons. The monoisotopic (exact) mass is 207 g/mol. The van der Waals surface area contributed by atoms with Crippen molar-refractivity contribution in [3.8, 4) is 11.5 Å². The Labute approximate surface area is 88.5 Å². The summed E-state index contributed by atoms with van der Waals surface area (Å²) in [6.07, 6.45) is 2.39. The highest BCUT2D eigenvalue weighted by Gasteiger charge is 2.04. The number of hydrogen-bond acceptors (Lipinski definition) is 4. The first-order valence-corrected chi connectivity index (χ1v) is 4.70. The lowest BCUT2D eigenvalue weighted by molar-refractivity contribution is 0.294. The van der Waals surface area contributed by atoms with Gasteiger partial charge < -0.3 is 9.47 Å². The van der Waals surface area contributed by atoms with E-state index in [-0.39, 0.29) is 0 Å². The fourth-order valence-electron chi connectivity index (χ4n) is 1.11. The molecule has 80 valence electrons. The average Bonchev–Trinajstić information content (AvgIpc) is 2.27. The molecule has 0 aliphatic carbocycles. The fraction of sp³-hybridized carbons (Fsp3) is 0.364. The Bertz CT molecular complexity index is 370. The molecule has 0 aliphatic heterocycles. The van der Waals surface area contributed by atoms with Gasteiger partial charge in [0.2, 0.25) is 6.08 Å². The number of carbonyl (C=O) groups excluding carboxylic acids is 1. The minimum absolute atomic E-state index is 0.511. The standard InChI is InChI=1S/C11H13NO3/c1-3-6-15-11-7-9(12-8-13)4-5-10(11)14-2/h4-5,7H,3,6H2,1-2H3. The van der Waals surface area contributed by atoms with Crippen LogP contribution >= 0.6 is 0 Å². The minimum Gasteiger partial charge on any atom is -0.493 e. The van der Waals surface area contributed by atoms with Crippen molar-refractivity contribution in [1.29, 1.82) is 0 Å². The van der Waals surface area contributed by atoms with E-state index in [4.69, 9.17) is 9.47 Å². The molecule has 0 aliphatic rings. The van der Waals surface area contributed by atoms with Crippen molar-refractivity contribution in [3.05, 3.63) is 18.2 Å². The largest absolute Gasteiger partial charge is 0.493 e. The number of nitrogens with zero attached hydrogens (tertiary/aromatic N) is 1. The molecule has 0 heterocycles. The van der Waals surface area contributed by atoms with Gasteiger partial charge in [-0.15, -0.1) is 0 Å². The zero-order valence-corrected chi connectivity index (χ0v) is 8.82. The smallest absolute Gasteiger partial charge is 0.240 e. The second-order valence-corrected chi connectivity index (χ2v) is 2.89. The predicted octanol–water partition coefficient (Wildman–Crippen LogP) is 2.45. The Morgan fingerprint density at radius 1 is 1.40 bits per heavy atom. The van der Waals surface area contributed by atoms with Crippen LogP contribution in [0.3, 0.4) is 0 Å². The van der Waals surface area contributed by atoms with Crippen molar-refractivity contribution in [3.63, 3.8) is 0 Å². The molecule has 0 unspecified atom stereocenters. The molecule has 1 rings (SSSR count). The lowest BCUT2D eigenvalue weighted by atomic mass is 10.3. The van der Waals surface area contributed by atoms with E-state index in [2.05, 4.69) is 4.99 Å². The number of ether oxygens (including phenoxy) is 2. The van der Waals surface area contributed by atoms with Crippen molar-refractivity contribution in [2.75, 3.05) is 13.7 Å². The van der Waals surface area contributed by atoms with Gasteiger partial charge in [-0.3, -0.25) is 0 Å². The van der Waals surface area contributed by atoms with Crippen LogP contribution in [-0.4, -0.2) is 19.8 Å². The lowest BCUT2D eigenvalue weighted by Crippen LogP contribution is -1.97. The zero-order valence-electron chi connectivity index (χ0n) is 8.82. The van der Waals surface area contributed by atoms with Crippen LogP contribution in [0, 0.1) is 0 Å². The molecule has 0 atom stereocenters. The Balaban J connectivity index is 2.96. The summed E-state index contributed by atoms with van der Waals surface area (Å²) in [5.41, 5.74) is 0.511. The highest BCUT2D eigenvalue weighted by Crippen LogP contribution is 2.31. The van der Waals surface area contributed by atoms with Crippen LogP contribution in [0.5, 0.6) is 11.5 Å². The van der Waals surface area contributed by atoms with Crippen molar-refractivity contribution >= 4 is 11.8 Å². The number of rotatable bonds is 5. The van der Waals surface area contributed by atoms with E-state index >= 15 is 0 Å². The normalized spacial score (nSPS) is 9.20. The molecule has 1 aromatic carbocycles. The third-order valence-corrected chi connectivity index (χ3v) is 1.78. The Morgan fingerprint density at radius 3 is 2.80 bits per heavy atom. The average molecular weight is 207 g/mol. The van der Waals surface area contributed by atoms with Gasteiger partial charge in [0, 0.05) is 6.07 Å². The summed E-state index contributed by atoms with van der Waals surface area (Å²) in [5, 5.41) is 0. The van der Waals surface area contributed by atoms with Gasteiger partial charge in [0.25, 0.3) is 0 Å². The van der Waals surface area contributed by atoms with Crippen molar-refractivity contribution in [2.24, 2.45) is 4.99 Å². The van der Waals surface area contributed by atoms with Gasteiger partial charge in [0.1, 0.15) is 0 Å². The second kappa shape index (κ2) is 5.83. The Kier molecular flexibility index (Phi) is 4.38. The van der Waals surface area contributed by atoms with Crippen LogP contribution in [0.1, 0.15) is 13.3 Å². The fourth-order valence-corrected chi connectivity index (χ4v) is 1.11. The van der Waals surface area contributed by atoms with Crippen LogP contribution in [0.2, 0.25) is 0 Å². The summed E-state index contributed by atoms with van der Waals surface area (Å²) in [5.74, 6) is 1.23. The molecule has 1 aromatic rings. The lowest BCUT2D eigenvalue weighted by Gasteiger charge is -2.09. The second-order valence-electron chi connectivity index (χ2n) is 2.89. The molecule has 15 heavy (non-hydrogen) atoms. The molecule has 0 aromatic heterocycles. The highest BCUT2D eigenvalue weighted by molar-refractivity contribution is 5.55. The van der Waals surface area contributed by atoms with Crippen LogP contribution in [0.25, 0.3) is 0 Å². The molecular weight excluding hydrogens is 194 g/mol. The van der Waals surface area contributed by atoms with Gasteiger partial charge >= 0.3 is 0 Å². The molecule has 4 heteroatoms. The summed E-state index contributed by atoms with van der Waals surface area (Å²) in [4.78, 5) is 13.6. The third-order valence-electron chi connectivity index (χ3n) is 1.78. The molecule has 0 N–H and O–H groups in total. The summed E-state index contributed by atoms with van der Waals surface area (Å²) in [7, 11) is 1.57. The van der Waals surface area contributed by atoms with E-state index in [9.17, 15) is 4.79 Å². The van der Waals surface area contributed by atoms with Crippen LogP contribution in [0.4, 0.5) is 5.69 Å². The van der Waals surface area contributed by atoms with Gasteiger partial charge in [-0.05, 0) is 18.6 Å². The number of hydrogen-bond donors (Lipinski definition) is 0. The molecule has 4 nitrogen and oxygen atoms in total. The van der Waals surface area contributed by atoms with E-state index in [1.54, 1.807) is 25.3 Å². The quantitative estimate of drug-likeness (QED) is 0.550. The Hall–Kier alpha value is -1.80. The summed E-state index contributed by atoms with van der Waals surface area (Å²) in [6, 6.07) is 5.03. The van der Waals surface area contributed by atoms with Crippen LogP contribution in [0.15, 0.2) is 23.2 Å². The maximum Gasteiger partial charge on any atom is 0.240 e. The van der Waals surface area contributed by atoms with E-state index < -0.39 is 0 Å². The van der Waals surface area contributed by atoms with Gasteiger partial charge in [-0.2, -0.15) is 4.99 Å². The minimum atomic E-state index is 0.511. The summed E-state index contributed by atoms with van der Waals surface area (Å²) >= 11 is 0. The van der Waals surface area contributed by atoms with Gasteiger partial charge in [-0.1, -0.05) is 6.92 Å².